The van der Waals surface area contributed by atoms with E-state index >= 15 is 0 Å². The van der Waals surface area contributed by atoms with Gasteiger partial charge in [0.15, 0.2) is 0 Å². The van der Waals surface area contributed by atoms with E-state index in [1.165, 1.54) is 0 Å². The Morgan fingerprint density at radius 3 is 2.56 bits per heavy atom. The summed E-state index contributed by atoms with van der Waals surface area (Å²) in [5.74, 6) is 1.35. The van der Waals surface area contributed by atoms with Crippen molar-refractivity contribution in [3.8, 4) is 5.75 Å². The van der Waals surface area contributed by atoms with E-state index in [1.54, 1.807) is 0 Å². The molecule has 0 N–H and O–H groups in total. The molecule has 0 fully saturated rings. The number of hydrogen-bond donors (Lipinski definition) is 0. The molecule has 0 aliphatic heterocycles. The fourth-order valence-electron chi connectivity index (χ4n) is 1.50. The van der Waals surface area contributed by atoms with Crippen LogP contribution < -0.4 is 4.74 Å². The van der Waals surface area contributed by atoms with Crippen molar-refractivity contribution in [1.82, 2.24) is 0 Å². The van der Waals surface area contributed by atoms with Crippen molar-refractivity contribution in [2.24, 2.45) is 5.92 Å². The zero-order valence-electron chi connectivity index (χ0n) is 9.97. The lowest BCUT2D eigenvalue weighted by atomic mass is 9.98. The lowest BCUT2D eigenvalue weighted by Crippen LogP contribution is -2.03. The molecule has 0 bridgehead atoms. The van der Waals surface area contributed by atoms with Gasteiger partial charge in [0.2, 0.25) is 0 Å². The van der Waals surface area contributed by atoms with E-state index in [9.17, 15) is 0 Å². The Morgan fingerprint density at radius 1 is 1.38 bits per heavy atom. The largest absolute Gasteiger partial charge is 0.493 e. The van der Waals surface area contributed by atoms with Gasteiger partial charge in [0.1, 0.15) is 5.75 Å². The van der Waals surface area contributed by atoms with E-state index in [2.05, 4.69) is 35.8 Å². The quantitative estimate of drug-likeness (QED) is 0.682. The Hall–Kier alpha value is -0.210. The molecule has 1 aromatic rings. The van der Waals surface area contributed by atoms with Crippen molar-refractivity contribution in [3.63, 3.8) is 0 Å². The highest BCUT2D eigenvalue weighted by molar-refractivity contribution is 9.10. The normalized spacial score (nSPS) is 14.6. The summed E-state index contributed by atoms with van der Waals surface area (Å²) >= 11 is 9.90. The summed E-state index contributed by atoms with van der Waals surface area (Å²) in [6.07, 6.45) is 1.08. The van der Waals surface area contributed by atoms with Gasteiger partial charge in [-0.1, -0.05) is 26.3 Å². The number of ether oxygens (including phenoxy) is 1. The zero-order chi connectivity index (χ0) is 12.1. The van der Waals surface area contributed by atoms with Gasteiger partial charge < -0.3 is 4.74 Å². The van der Waals surface area contributed by atoms with Gasteiger partial charge in [-0.3, -0.25) is 0 Å². The Kier molecular flexibility index (Phi) is 5.63. The highest BCUT2D eigenvalue weighted by atomic mass is 79.9. The first-order valence-corrected chi connectivity index (χ1v) is 6.89. The second kappa shape index (κ2) is 6.51. The number of benzene rings is 1. The molecule has 0 saturated carbocycles. The summed E-state index contributed by atoms with van der Waals surface area (Å²) in [7, 11) is 0. The van der Waals surface area contributed by atoms with Crippen molar-refractivity contribution < 1.29 is 4.74 Å². The molecule has 16 heavy (non-hydrogen) atoms. The molecule has 1 nitrogen and oxygen atoms in total. The molecule has 0 aliphatic carbocycles. The van der Waals surface area contributed by atoms with E-state index < -0.39 is 0 Å². The zero-order valence-corrected chi connectivity index (χ0v) is 12.3. The summed E-state index contributed by atoms with van der Waals surface area (Å²) in [4.78, 5) is 0. The van der Waals surface area contributed by atoms with Crippen molar-refractivity contribution in [1.29, 1.82) is 0 Å². The fourth-order valence-corrected chi connectivity index (χ4v) is 2.32. The third-order valence-electron chi connectivity index (χ3n) is 2.72. The third-order valence-corrected chi connectivity index (χ3v) is 4.02. The molecule has 3 heteroatoms. The van der Waals surface area contributed by atoms with Crippen molar-refractivity contribution >= 4 is 27.5 Å². The maximum absolute atomic E-state index is 6.40. The minimum absolute atomic E-state index is 0.0666. The maximum atomic E-state index is 6.40. The van der Waals surface area contributed by atoms with E-state index in [0.29, 0.717) is 12.5 Å². The molecular weight excluding hydrogens is 287 g/mol. The molecule has 2 unspecified atom stereocenters. The number of hydrogen-bond acceptors (Lipinski definition) is 1. The van der Waals surface area contributed by atoms with Gasteiger partial charge in [0, 0.05) is 0 Å². The first-order chi connectivity index (χ1) is 7.60. The Labute approximate surface area is 111 Å². The van der Waals surface area contributed by atoms with Crippen molar-refractivity contribution in [2.75, 3.05) is 6.61 Å². The van der Waals surface area contributed by atoms with Crippen molar-refractivity contribution in [3.05, 3.63) is 28.2 Å². The summed E-state index contributed by atoms with van der Waals surface area (Å²) in [6.45, 7) is 6.98. The Morgan fingerprint density at radius 2 is 2.06 bits per heavy atom. The van der Waals surface area contributed by atoms with Gasteiger partial charge in [-0.05, 0) is 46.5 Å². The standard InChI is InChI=1S/C13H18BrClO/c1-4-9(3)13(15)10-6-7-12(16-5-2)11(14)8-10/h6-9,13H,4-5H2,1-3H3. The lowest BCUT2D eigenvalue weighted by molar-refractivity contribution is 0.338. The van der Waals surface area contributed by atoms with Gasteiger partial charge in [-0.2, -0.15) is 0 Å². The van der Waals surface area contributed by atoms with Crippen LogP contribution in [0.2, 0.25) is 0 Å². The molecule has 0 aromatic heterocycles. The molecule has 0 spiro atoms. The highest BCUT2D eigenvalue weighted by Crippen LogP contribution is 2.35. The predicted molar refractivity (Wildman–Crippen MR) is 73.4 cm³/mol. The van der Waals surface area contributed by atoms with E-state index in [0.717, 1.165) is 22.2 Å². The van der Waals surface area contributed by atoms with E-state index in [-0.39, 0.29) is 5.38 Å². The van der Waals surface area contributed by atoms with Gasteiger partial charge in [-0.15, -0.1) is 11.6 Å². The molecule has 90 valence electrons. The number of rotatable bonds is 5. The molecule has 0 saturated heterocycles. The molecule has 0 radical (unpaired) electrons. The van der Waals surface area contributed by atoms with Gasteiger partial charge in [-0.25, -0.2) is 0 Å². The van der Waals surface area contributed by atoms with E-state index in [4.69, 9.17) is 16.3 Å². The molecule has 0 aliphatic rings. The second-order valence-corrected chi connectivity index (χ2v) is 5.23. The molecule has 2 atom stereocenters. The average Bonchev–Trinajstić information content (AvgIpc) is 2.30. The molecule has 1 rings (SSSR count). The second-order valence-electron chi connectivity index (χ2n) is 3.91. The topological polar surface area (TPSA) is 9.23 Å². The SMILES string of the molecule is CCOc1ccc(C(Cl)C(C)CC)cc1Br. The Balaban J connectivity index is 2.87. The van der Waals surface area contributed by atoms with Crippen LogP contribution in [0.15, 0.2) is 22.7 Å². The maximum Gasteiger partial charge on any atom is 0.133 e. The summed E-state index contributed by atoms with van der Waals surface area (Å²) in [5.41, 5.74) is 1.14. The van der Waals surface area contributed by atoms with Crippen molar-refractivity contribution in [2.45, 2.75) is 32.6 Å². The number of alkyl halides is 1. The summed E-state index contributed by atoms with van der Waals surface area (Å²) in [6, 6.07) is 6.06. The van der Waals surface area contributed by atoms with Gasteiger partial charge >= 0.3 is 0 Å². The minimum Gasteiger partial charge on any atom is -0.493 e. The van der Waals surface area contributed by atoms with Gasteiger partial charge in [0.25, 0.3) is 0 Å². The van der Waals surface area contributed by atoms with Gasteiger partial charge in [0.05, 0.1) is 16.5 Å². The summed E-state index contributed by atoms with van der Waals surface area (Å²) < 4.78 is 6.44. The molecule has 0 heterocycles. The number of halogens is 2. The van der Waals surface area contributed by atoms with Crippen LogP contribution in [0.3, 0.4) is 0 Å². The van der Waals surface area contributed by atoms with Crippen LogP contribution in [0.4, 0.5) is 0 Å². The van der Waals surface area contributed by atoms with Crippen LogP contribution in [0.5, 0.6) is 5.75 Å². The monoisotopic (exact) mass is 304 g/mol. The third kappa shape index (κ3) is 3.39. The van der Waals surface area contributed by atoms with Crippen LogP contribution in [-0.4, -0.2) is 6.61 Å². The first kappa shape index (κ1) is 13.9. The van der Waals surface area contributed by atoms with Crippen LogP contribution >= 0.6 is 27.5 Å². The Bertz CT molecular complexity index is 341. The predicted octanol–water partition coefficient (Wildman–Crippen LogP) is 5.17. The minimum atomic E-state index is 0.0666. The molecular formula is C13H18BrClO. The average molecular weight is 306 g/mol. The highest BCUT2D eigenvalue weighted by Gasteiger charge is 2.16. The van der Waals surface area contributed by atoms with E-state index in [1.807, 2.05) is 19.1 Å². The smallest absolute Gasteiger partial charge is 0.133 e. The lowest BCUT2D eigenvalue weighted by Gasteiger charge is -2.17. The first-order valence-electron chi connectivity index (χ1n) is 5.66. The fraction of sp³-hybridized carbons (Fsp3) is 0.538. The van der Waals surface area contributed by atoms with Crippen LogP contribution in [-0.2, 0) is 0 Å². The van der Waals surface area contributed by atoms with Crippen LogP contribution in [0.25, 0.3) is 0 Å². The summed E-state index contributed by atoms with van der Waals surface area (Å²) in [5, 5.41) is 0.0666. The molecule has 1 aromatic carbocycles. The molecule has 0 amide bonds. The van der Waals surface area contributed by atoms with Crippen LogP contribution in [0.1, 0.15) is 38.1 Å². The van der Waals surface area contributed by atoms with Crippen LogP contribution in [0, 0.1) is 5.92 Å².